The van der Waals surface area contributed by atoms with E-state index in [0.717, 1.165) is 6.42 Å². The zero-order valence-electron chi connectivity index (χ0n) is 23.5. The van der Waals surface area contributed by atoms with Crippen LogP contribution in [0.15, 0.2) is 60.7 Å². The highest BCUT2D eigenvalue weighted by Crippen LogP contribution is 2.62. The van der Waals surface area contributed by atoms with Gasteiger partial charge in [0.15, 0.2) is 0 Å². The van der Waals surface area contributed by atoms with Gasteiger partial charge in [0, 0.05) is 0 Å². The zero-order chi connectivity index (χ0) is 26.8. The number of rotatable bonds is 12. The molecule has 3 rings (SSSR count). The summed E-state index contributed by atoms with van der Waals surface area (Å²) in [6, 6.07) is 21.2. The molecule has 36 heavy (non-hydrogen) atoms. The number of hydrogen-bond acceptors (Lipinski definition) is 5. The largest absolute Gasteiger partial charge is 0.404 e. The van der Waals surface area contributed by atoms with E-state index in [-0.39, 0.29) is 29.0 Å². The van der Waals surface area contributed by atoms with Crippen LogP contribution in [0.2, 0.25) is 5.04 Å². The Bertz CT molecular complexity index is 979. The van der Waals surface area contributed by atoms with Gasteiger partial charge in [-0.15, -0.1) is 0 Å². The maximum absolute atomic E-state index is 13.5. The summed E-state index contributed by atoms with van der Waals surface area (Å²) in [5.74, 6) is 0. The van der Waals surface area contributed by atoms with Gasteiger partial charge in [0.1, 0.15) is 6.35 Å². The van der Waals surface area contributed by atoms with Crippen molar-refractivity contribution in [3.8, 4) is 0 Å². The zero-order valence-corrected chi connectivity index (χ0v) is 25.4. The van der Waals surface area contributed by atoms with Crippen molar-refractivity contribution in [3.05, 3.63) is 60.7 Å². The highest BCUT2D eigenvalue weighted by Gasteiger charge is 2.65. The van der Waals surface area contributed by atoms with Crippen molar-refractivity contribution < 1.29 is 22.8 Å². The lowest BCUT2D eigenvalue weighted by Gasteiger charge is -2.44. The monoisotopic (exact) mass is 532 g/mol. The van der Waals surface area contributed by atoms with E-state index in [1.54, 1.807) is 0 Å². The molecule has 0 aromatic heterocycles. The van der Waals surface area contributed by atoms with Crippen LogP contribution in [-0.4, -0.2) is 39.1 Å². The molecule has 5 nitrogen and oxygen atoms in total. The van der Waals surface area contributed by atoms with E-state index in [2.05, 4.69) is 83.1 Å². The second-order valence-electron chi connectivity index (χ2n) is 12.2. The third kappa shape index (κ3) is 6.23. The molecule has 0 aliphatic heterocycles. The van der Waals surface area contributed by atoms with Crippen LogP contribution in [0.5, 0.6) is 0 Å². The standard InChI is InChI=1S/C29H45O5PSi/c1-23(2)33-35(30,34-24(3)4)22-31-29(20-28(29,8)9)21-32-36(27(5,6)7,25-16-12-10-13-17-25)26-18-14-11-15-19-26/h10-19,23-24H,20-22H2,1-9H3. The van der Waals surface area contributed by atoms with E-state index in [1.165, 1.54) is 10.4 Å². The smallest absolute Gasteiger partial charge is 0.356 e. The first kappa shape index (κ1) is 29.3. The lowest BCUT2D eigenvalue weighted by molar-refractivity contribution is -0.0163. The summed E-state index contributed by atoms with van der Waals surface area (Å²) in [6.07, 6.45) is 0.280. The third-order valence-corrected chi connectivity index (χ3v) is 13.9. The molecule has 7 heteroatoms. The van der Waals surface area contributed by atoms with Crippen LogP contribution in [0.1, 0.15) is 68.7 Å². The molecule has 0 N–H and O–H groups in total. The fourth-order valence-corrected chi connectivity index (χ4v) is 11.6. The molecule has 200 valence electrons. The Balaban J connectivity index is 1.95. The molecule has 1 fully saturated rings. The second kappa shape index (κ2) is 10.8. The molecule has 1 atom stereocenters. The van der Waals surface area contributed by atoms with Crippen LogP contribution in [-0.2, 0) is 22.8 Å². The molecule has 1 aliphatic rings. The van der Waals surface area contributed by atoms with Crippen LogP contribution in [0.25, 0.3) is 0 Å². The molecular weight excluding hydrogens is 487 g/mol. The highest BCUT2D eigenvalue weighted by atomic mass is 31.2. The third-order valence-electron chi connectivity index (χ3n) is 7.02. The van der Waals surface area contributed by atoms with Crippen molar-refractivity contribution >= 4 is 26.3 Å². The minimum absolute atomic E-state index is 0.0864. The van der Waals surface area contributed by atoms with Crippen molar-refractivity contribution in [2.75, 3.05) is 13.0 Å². The van der Waals surface area contributed by atoms with E-state index in [4.69, 9.17) is 18.2 Å². The number of benzene rings is 2. The van der Waals surface area contributed by atoms with E-state index < -0.39 is 21.5 Å². The number of hydrogen-bond donors (Lipinski definition) is 0. The lowest BCUT2D eigenvalue weighted by atomic mass is 10.1. The second-order valence-corrected chi connectivity index (χ2v) is 18.4. The average molecular weight is 533 g/mol. The van der Waals surface area contributed by atoms with Crippen molar-refractivity contribution in [2.24, 2.45) is 5.41 Å². The Morgan fingerprint density at radius 3 is 1.61 bits per heavy atom. The fourth-order valence-electron chi connectivity index (χ4n) is 5.12. The molecule has 0 radical (unpaired) electrons. The van der Waals surface area contributed by atoms with Crippen LogP contribution in [0.3, 0.4) is 0 Å². The van der Waals surface area contributed by atoms with E-state index in [9.17, 15) is 4.57 Å². The van der Waals surface area contributed by atoms with Gasteiger partial charge in [0.2, 0.25) is 0 Å². The molecule has 0 bridgehead atoms. The Morgan fingerprint density at radius 1 is 0.861 bits per heavy atom. The van der Waals surface area contributed by atoms with E-state index in [1.807, 2.05) is 39.8 Å². The Morgan fingerprint density at radius 2 is 1.28 bits per heavy atom. The van der Waals surface area contributed by atoms with Gasteiger partial charge in [0.25, 0.3) is 8.32 Å². The molecule has 0 saturated heterocycles. The molecule has 0 spiro atoms. The highest BCUT2D eigenvalue weighted by molar-refractivity contribution is 7.53. The quantitative estimate of drug-likeness (QED) is 0.224. The molecule has 0 heterocycles. The summed E-state index contributed by atoms with van der Waals surface area (Å²) in [5, 5.41) is 2.33. The molecule has 2 aromatic rings. The predicted molar refractivity (Wildman–Crippen MR) is 151 cm³/mol. The lowest BCUT2D eigenvalue weighted by Crippen LogP contribution is -2.67. The van der Waals surface area contributed by atoms with Gasteiger partial charge in [-0.3, -0.25) is 4.57 Å². The maximum Gasteiger partial charge on any atom is 0.356 e. The Labute approximate surface area is 219 Å². The van der Waals surface area contributed by atoms with Crippen LogP contribution < -0.4 is 10.4 Å². The van der Waals surface area contributed by atoms with Gasteiger partial charge in [-0.05, 0) is 54.9 Å². The van der Waals surface area contributed by atoms with Gasteiger partial charge in [-0.2, -0.15) is 0 Å². The Hall–Kier alpha value is -1.27. The molecular formula is C29H45O5PSi. The van der Waals surface area contributed by atoms with Crippen molar-refractivity contribution in [1.82, 2.24) is 0 Å². The maximum atomic E-state index is 13.5. The van der Waals surface area contributed by atoms with Gasteiger partial charge in [-0.25, -0.2) is 0 Å². The summed E-state index contributed by atoms with van der Waals surface area (Å²) in [7, 11) is -6.14. The Kier molecular flexibility index (Phi) is 8.82. The molecule has 0 amide bonds. The van der Waals surface area contributed by atoms with Crippen LogP contribution in [0.4, 0.5) is 0 Å². The van der Waals surface area contributed by atoms with Gasteiger partial charge in [-0.1, -0.05) is 95.3 Å². The van der Waals surface area contributed by atoms with Gasteiger partial charge >= 0.3 is 7.60 Å². The first-order valence-corrected chi connectivity index (χ1v) is 16.6. The molecule has 2 aromatic carbocycles. The summed E-state index contributed by atoms with van der Waals surface area (Å²) in [6.45, 7) is 19.0. The topological polar surface area (TPSA) is 54.0 Å². The molecule has 1 saturated carbocycles. The van der Waals surface area contributed by atoms with Crippen molar-refractivity contribution in [1.29, 1.82) is 0 Å². The average Bonchev–Trinajstić information content (AvgIpc) is 3.33. The van der Waals surface area contributed by atoms with Crippen molar-refractivity contribution in [2.45, 2.75) is 91.6 Å². The molecule has 1 unspecified atom stereocenters. The SMILES string of the molecule is CC(C)OP(=O)(COC1(CO[Si](c2ccccc2)(c2ccccc2)C(C)(C)C)CC1(C)C)OC(C)C. The minimum Gasteiger partial charge on any atom is -0.404 e. The number of ether oxygens (including phenoxy) is 1. The predicted octanol–water partition coefficient (Wildman–Crippen LogP) is 6.75. The summed E-state index contributed by atoms with van der Waals surface area (Å²) < 4.78 is 38.7. The minimum atomic E-state index is -3.42. The van der Waals surface area contributed by atoms with Gasteiger partial charge < -0.3 is 18.2 Å². The van der Waals surface area contributed by atoms with Crippen LogP contribution in [0, 0.1) is 5.41 Å². The first-order valence-electron chi connectivity index (χ1n) is 13.0. The van der Waals surface area contributed by atoms with Crippen molar-refractivity contribution in [3.63, 3.8) is 0 Å². The fraction of sp³-hybridized carbons (Fsp3) is 0.586. The summed E-state index contributed by atoms with van der Waals surface area (Å²) in [5.41, 5.74) is -0.671. The van der Waals surface area contributed by atoms with Gasteiger partial charge in [0.05, 0.1) is 24.4 Å². The summed E-state index contributed by atoms with van der Waals surface area (Å²) in [4.78, 5) is 0. The van der Waals surface area contributed by atoms with E-state index >= 15 is 0 Å². The first-order chi connectivity index (χ1) is 16.7. The van der Waals surface area contributed by atoms with Crippen LogP contribution >= 0.6 is 7.60 Å². The normalized spacial score (nSPS) is 20.2. The summed E-state index contributed by atoms with van der Waals surface area (Å²) >= 11 is 0. The van der Waals surface area contributed by atoms with E-state index in [0.29, 0.717) is 6.61 Å². The molecule has 1 aliphatic carbocycles.